The van der Waals surface area contributed by atoms with Gasteiger partial charge in [0.2, 0.25) is 11.8 Å². The number of halogens is 1. The molecule has 0 aromatic heterocycles. The van der Waals surface area contributed by atoms with Gasteiger partial charge in [0.05, 0.1) is 30.9 Å². The largest absolute Gasteiger partial charge is 0.432 e. The zero-order valence-electron chi connectivity index (χ0n) is 28.2. The average molecular weight is 697 g/mol. The highest BCUT2D eigenvalue weighted by Gasteiger charge is 2.51. The number of nitrogens with zero attached hydrogens (tertiary/aromatic N) is 2. The number of nitrogens with one attached hydrogen (secondary N) is 4. The summed E-state index contributed by atoms with van der Waals surface area (Å²) in [5.74, 6) is 2.25. The number of amides is 2. The molecule has 3 aliphatic heterocycles. The van der Waals surface area contributed by atoms with E-state index in [-0.39, 0.29) is 47.6 Å². The molecule has 6 rings (SSSR count). The van der Waals surface area contributed by atoms with E-state index in [4.69, 9.17) is 21.3 Å². The maximum atomic E-state index is 13.4. The number of fused-ring (bicyclic) bond motifs is 4. The molecule has 5 N–H and O–H groups in total. The molecule has 10 atom stereocenters. The number of hydrogen-bond acceptors (Lipinski definition) is 9. The standard InChI is InChI=1S/C33H57ClN6O4SSi/c1-19-38-39-32-26(37-31(20-5-8-22(34)9-6-20)24-16-23(44-2)10-11-27(24)40(19)32)17-30(41)35-13-14-36-33(42)21-7-12-28-25(15-21)29(18-45-28)46(3,4)43/h19-29,32,38-39,43H,5-18H2,1-4H3,(H,35,41)(H,36,42)/t19?,20?,21?,22?,23?,24?,25?,26-,27?,28?,29?,32?/m0/s1. The lowest BCUT2D eigenvalue weighted by molar-refractivity contribution is -0.127. The van der Waals surface area contributed by atoms with Crippen LogP contribution in [0.25, 0.3) is 0 Å². The number of rotatable bonds is 9. The van der Waals surface area contributed by atoms with Gasteiger partial charge in [-0.3, -0.25) is 19.5 Å². The van der Waals surface area contributed by atoms with Gasteiger partial charge in [-0.2, -0.15) is 11.8 Å². The Kier molecular flexibility index (Phi) is 11.5. The lowest BCUT2D eigenvalue weighted by Gasteiger charge is -2.44. The molecule has 46 heavy (non-hydrogen) atoms. The summed E-state index contributed by atoms with van der Waals surface area (Å²) in [5.41, 5.74) is 8.60. The molecule has 3 saturated carbocycles. The topological polar surface area (TPSA) is 127 Å². The van der Waals surface area contributed by atoms with Gasteiger partial charge in [0, 0.05) is 54.4 Å². The fourth-order valence-corrected chi connectivity index (χ4v) is 14.9. The molecule has 260 valence electrons. The Morgan fingerprint density at radius 3 is 2.57 bits per heavy atom. The molecule has 0 spiro atoms. The van der Waals surface area contributed by atoms with E-state index < -0.39 is 8.32 Å². The van der Waals surface area contributed by atoms with Crippen LogP contribution < -0.4 is 21.5 Å². The van der Waals surface area contributed by atoms with E-state index in [2.05, 4.69) is 33.3 Å². The minimum Gasteiger partial charge on any atom is -0.432 e. The first kappa shape index (κ1) is 35.1. The quantitative estimate of drug-likeness (QED) is 0.141. The molecule has 6 aliphatic rings. The number of ether oxygens (including phenoxy) is 1. The molecule has 3 aliphatic carbocycles. The molecule has 10 nitrogen and oxygen atoms in total. The van der Waals surface area contributed by atoms with Crippen LogP contribution in [0, 0.1) is 23.7 Å². The first-order valence-electron chi connectivity index (χ1n) is 17.9. The van der Waals surface area contributed by atoms with Gasteiger partial charge < -0.3 is 20.2 Å². The fraction of sp³-hybridized carbons (Fsp3) is 0.909. The number of carbonyl (C=O) groups excluding carboxylic acids is 2. The summed E-state index contributed by atoms with van der Waals surface area (Å²) in [5, 5.41) is 7.02. The summed E-state index contributed by atoms with van der Waals surface area (Å²) in [6, 6.07) is 0.137. The molecule has 2 amide bonds. The molecular formula is C33H57ClN6O4SSi. The summed E-state index contributed by atoms with van der Waals surface area (Å²) in [4.78, 5) is 45.4. The minimum atomic E-state index is -2.24. The number of thioether (sulfide) groups is 1. The minimum absolute atomic E-state index is 0.00253. The number of alkyl halides is 1. The summed E-state index contributed by atoms with van der Waals surface area (Å²) >= 11 is 8.52. The Morgan fingerprint density at radius 1 is 1.07 bits per heavy atom. The number of aliphatic imine (C=N–C) groups is 1. The smallest absolute Gasteiger partial charge is 0.223 e. The third-order valence-corrected chi connectivity index (χ3v) is 16.8. The van der Waals surface area contributed by atoms with Crippen LogP contribution in [0.4, 0.5) is 0 Å². The van der Waals surface area contributed by atoms with E-state index in [0.29, 0.717) is 54.1 Å². The van der Waals surface area contributed by atoms with Gasteiger partial charge in [-0.05, 0) is 107 Å². The molecule has 5 fully saturated rings. The van der Waals surface area contributed by atoms with E-state index in [1.165, 1.54) is 5.71 Å². The Balaban J connectivity index is 1.06. The predicted octanol–water partition coefficient (Wildman–Crippen LogP) is 3.59. The Bertz CT molecular complexity index is 1120. The van der Waals surface area contributed by atoms with Gasteiger partial charge in [-0.15, -0.1) is 11.6 Å². The summed E-state index contributed by atoms with van der Waals surface area (Å²) < 4.78 is 5.88. The van der Waals surface area contributed by atoms with Gasteiger partial charge in [-0.1, -0.05) is 0 Å². The second kappa shape index (κ2) is 15.0. The van der Waals surface area contributed by atoms with Crippen LogP contribution in [0.15, 0.2) is 4.99 Å². The van der Waals surface area contributed by atoms with Crippen molar-refractivity contribution in [3.8, 4) is 0 Å². The normalized spacial score (nSPS) is 41.5. The van der Waals surface area contributed by atoms with Crippen LogP contribution in [-0.4, -0.2) is 103 Å². The molecule has 0 bridgehead atoms. The molecule has 0 aromatic rings. The second-order valence-corrected chi connectivity index (χ2v) is 21.4. The van der Waals surface area contributed by atoms with Crippen molar-refractivity contribution in [2.75, 3.05) is 26.0 Å². The number of carbonyl (C=O) groups is 2. The van der Waals surface area contributed by atoms with E-state index in [0.717, 1.165) is 70.0 Å². The van der Waals surface area contributed by atoms with E-state index in [1.54, 1.807) is 0 Å². The number of hydrogen-bond donors (Lipinski definition) is 5. The molecular weight excluding hydrogens is 640 g/mol. The molecule has 0 radical (unpaired) electrons. The summed E-state index contributed by atoms with van der Waals surface area (Å²) in [7, 11) is -0.413. The zero-order valence-corrected chi connectivity index (χ0v) is 30.8. The van der Waals surface area contributed by atoms with E-state index >= 15 is 0 Å². The lowest BCUT2D eigenvalue weighted by atomic mass is 9.72. The molecule has 9 unspecified atom stereocenters. The van der Waals surface area contributed by atoms with Crippen molar-refractivity contribution in [1.82, 2.24) is 26.4 Å². The van der Waals surface area contributed by atoms with E-state index in [1.807, 2.05) is 32.0 Å². The highest BCUT2D eigenvalue weighted by atomic mass is 35.5. The summed E-state index contributed by atoms with van der Waals surface area (Å²) in [6.45, 7) is 7.10. The molecule has 3 heterocycles. The zero-order chi connectivity index (χ0) is 32.6. The Morgan fingerprint density at radius 2 is 1.83 bits per heavy atom. The third kappa shape index (κ3) is 7.69. The van der Waals surface area contributed by atoms with Crippen molar-refractivity contribution in [1.29, 1.82) is 0 Å². The first-order valence-corrected chi connectivity index (χ1v) is 22.5. The van der Waals surface area contributed by atoms with Crippen LogP contribution in [0.1, 0.15) is 77.6 Å². The van der Waals surface area contributed by atoms with Crippen LogP contribution in [0.5, 0.6) is 0 Å². The van der Waals surface area contributed by atoms with Crippen molar-refractivity contribution in [3.63, 3.8) is 0 Å². The van der Waals surface area contributed by atoms with Crippen molar-refractivity contribution < 1.29 is 19.1 Å². The number of methoxy groups -OCH3 is 1. The Labute approximate surface area is 285 Å². The first-order chi connectivity index (χ1) is 22.0. The Hall–Kier alpha value is -0.733. The van der Waals surface area contributed by atoms with Gasteiger partial charge >= 0.3 is 0 Å². The van der Waals surface area contributed by atoms with Gasteiger partial charge in [-0.25, -0.2) is 10.9 Å². The molecule has 0 aromatic carbocycles. The van der Waals surface area contributed by atoms with Gasteiger partial charge in [0.1, 0.15) is 0 Å². The van der Waals surface area contributed by atoms with Crippen molar-refractivity contribution in [3.05, 3.63) is 0 Å². The average Bonchev–Trinajstić information content (AvgIpc) is 3.61. The second-order valence-electron chi connectivity index (χ2n) is 15.4. The van der Waals surface area contributed by atoms with Crippen LogP contribution >= 0.6 is 23.4 Å². The van der Waals surface area contributed by atoms with Crippen molar-refractivity contribution in [2.24, 2.45) is 28.7 Å². The van der Waals surface area contributed by atoms with E-state index in [9.17, 15) is 14.4 Å². The molecule has 13 heteroatoms. The monoisotopic (exact) mass is 696 g/mol. The SMILES string of the molecule is COC1CCC2C(C1)C(C1CCC(Cl)CC1)=N[C@@H](CC(=O)NCCNC(=O)C1CCC3SCC([Si](C)(C)O)C3C1)C1NNC(C)N21. The van der Waals surface area contributed by atoms with Gasteiger partial charge in [0.15, 0.2) is 8.32 Å². The van der Waals surface area contributed by atoms with Gasteiger partial charge in [0.25, 0.3) is 0 Å². The van der Waals surface area contributed by atoms with Crippen molar-refractivity contribution >= 4 is 49.2 Å². The lowest BCUT2D eigenvalue weighted by Crippen LogP contribution is -2.55. The van der Waals surface area contributed by atoms with Crippen LogP contribution in [0.2, 0.25) is 18.6 Å². The number of hydrazine groups is 1. The maximum Gasteiger partial charge on any atom is 0.223 e. The van der Waals surface area contributed by atoms with Crippen LogP contribution in [0.3, 0.4) is 0 Å². The van der Waals surface area contributed by atoms with Crippen LogP contribution in [-0.2, 0) is 14.3 Å². The summed E-state index contributed by atoms with van der Waals surface area (Å²) in [6.07, 6.45) is 10.6. The van der Waals surface area contributed by atoms with Crippen molar-refractivity contribution in [2.45, 2.75) is 137 Å². The molecule has 2 saturated heterocycles. The predicted molar refractivity (Wildman–Crippen MR) is 187 cm³/mol. The maximum absolute atomic E-state index is 13.4. The third-order valence-electron chi connectivity index (χ3n) is 12.1. The highest BCUT2D eigenvalue weighted by molar-refractivity contribution is 8.00. The highest BCUT2D eigenvalue weighted by Crippen LogP contribution is 2.53. The fourth-order valence-electron chi connectivity index (χ4n) is 9.58.